The molecule has 28 nitrogen and oxygen atoms in total. The van der Waals surface area contributed by atoms with Crippen LogP contribution in [-0.2, 0) is 56.7 Å². The van der Waals surface area contributed by atoms with E-state index in [0.29, 0.717) is 94.1 Å². The number of rotatable bonds is 34. The van der Waals surface area contributed by atoms with Crippen molar-refractivity contribution >= 4 is 107 Å². The Hall–Kier alpha value is -10.0. The van der Waals surface area contributed by atoms with Crippen molar-refractivity contribution in [3.05, 3.63) is 132 Å². The SMILES string of the molecule is Cc1c(-c2ccc(-c3cnc4cccc(C(=O)Nc5nc6ccccc6s5)c4c3)nc2C(=O)O)cnn1CC12CCCC(C)(CC(C)(CCOCCN(CCS(=O)(=O)O)C(=O)OCc3ccc(NC(=O)[C@H](CCCNC(N)=O)NC(=O)[C@@H](NC(=O)CCCCCN4C(=O)C=CC4=O)C(C)C)cc3)C1)C2. The predicted molar refractivity (Wildman–Crippen MR) is 390 cm³/mol. The lowest BCUT2D eigenvalue weighted by Gasteiger charge is -2.58. The third-order valence-corrected chi connectivity index (χ3v) is 21.2. The van der Waals surface area contributed by atoms with Crippen LogP contribution in [0.2, 0.25) is 0 Å². The molecule has 4 aromatic heterocycles. The number of fused-ring (bicyclic) bond motifs is 4. The van der Waals surface area contributed by atoms with E-state index in [0.717, 1.165) is 64.2 Å². The highest BCUT2D eigenvalue weighted by Gasteiger charge is 2.53. The first-order chi connectivity index (χ1) is 49.5. The molecule has 0 saturated heterocycles. The molecule has 5 atom stereocenters. The number of amides is 9. The number of pyridine rings is 2. The van der Waals surface area contributed by atoms with Gasteiger partial charge in [0.15, 0.2) is 10.8 Å². The summed E-state index contributed by atoms with van der Waals surface area (Å²) >= 11 is 1.37. The second kappa shape index (κ2) is 33.6. The standard InChI is InChI=1S/C74H89N13O15S2/c1-46(2)63(83-60(88)19-7-6-10-32-86-61(89)26-27-62(86)90)67(93)81-58(17-12-31-76-69(75)96)66(92)79-50-22-20-48(21-23-50)41-102-71(97)85(34-37-104(98,99)100)33-36-101-35-30-73(5)42-72(4)28-13-29-74(43-72,44-73)45-87-47(3)54(40-78-87)51-24-25-55(80-64(51)68(94)95)49-38-53-52(14-11-16-56(53)77-39-49)65(91)84-70-82-57-15-8-9-18-59(57)103-70/h8-9,11,14-16,18,20-27,38-40,46,58,63H,6-7,10,12-13,17,19,28-37,41-45H2,1-5H3,(H,79,92)(H,81,93)(H,83,88)(H,94,95)(H3,75,76,96)(H,82,84,91)(H,98,99,100)/t58-,63-,72?,73?,74?/m0/s1. The zero-order chi connectivity index (χ0) is 74.5. The van der Waals surface area contributed by atoms with Crippen molar-refractivity contribution in [1.82, 2.24) is 50.5 Å². The number of unbranched alkanes of at least 4 members (excludes halogenated alkanes) is 2. The van der Waals surface area contributed by atoms with E-state index in [1.165, 1.54) is 23.5 Å². The van der Waals surface area contributed by atoms with Crippen LogP contribution in [0.15, 0.2) is 109 Å². The molecule has 30 heteroatoms. The first-order valence-corrected chi connectivity index (χ1v) is 37.3. The number of imide groups is 1. The number of primary amides is 1. The summed E-state index contributed by atoms with van der Waals surface area (Å²) in [6.45, 7) is 10.7. The van der Waals surface area contributed by atoms with Gasteiger partial charge in [0.25, 0.3) is 27.8 Å². The number of para-hydroxylation sites is 1. The zero-order valence-electron chi connectivity index (χ0n) is 58.9. The third-order valence-electron chi connectivity index (χ3n) is 19.6. The summed E-state index contributed by atoms with van der Waals surface area (Å²) in [6.07, 6.45) is 13.3. The van der Waals surface area contributed by atoms with Crippen LogP contribution in [0.4, 0.5) is 20.4 Å². The minimum Gasteiger partial charge on any atom is -0.476 e. The van der Waals surface area contributed by atoms with Crippen molar-refractivity contribution in [2.45, 2.75) is 143 Å². The van der Waals surface area contributed by atoms with Gasteiger partial charge in [-0.3, -0.25) is 53.2 Å². The fourth-order valence-electron chi connectivity index (χ4n) is 14.9. The van der Waals surface area contributed by atoms with Crippen LogP contribution in [0.3, 0.4) is 0 Å². The Bertz CT molecular complexity index is 4470. The van der Waals surface area contributed by atoms with Gasteiger partial charge in [-0.15, -0.1) is 0 Å². The number of aromatic carboxylic acids is 1. The van der Waals surface area contributed by atoms with Crippen molar-refractivity contribution in [1.29, 1.82) is 0 Å². The number of nitrogens with zero attached hydrogens (tertiary/aromatic N) is 7. The minimum atomic E-state index is -4.48. The Labute approximate surface area is 606 Å². The van der Waals surface area contributed by atoms with Crippen LogP contribution >= 0.6 is 11.3 Å². The maximum Gasteiger partial charge on any atom is 0.410 e. The van der Waals surface area contributed by atoms with Crippen LogP contribution in [-0.4, -0.2) is 163 Å². The summed E-state index contributed by atoms with van der Waals surface area (Å²) in [7, 11) is -4.48. The topological polar surface area (TPSA) is 396 Å². The summed E-state index contributed by atoms with van der Waals surface area (Å²) in [5, 5.41) is 30.3. The molecule has 3 aliphatic rings. The van der Waals surface area contributed by atoms with Gasteiger partial charge in [-0.05, 0) is 153 Å². The van der Waals surface area contributed by atoms with E-state index in [1.54, 1.807) is 86.9 Å². The number of anilines is 2. The number of carboxylic acid groups (broad SMARTS) is 1. The number of urea groups is 1. The van der Waals surface area contributed by atoms with Crippen LogP contribution < -0.4 is 32.3 Å². The molecule has 9 amide bonds. The number of ether oxygens (including phenoxy) is 2. The molecular formula is C74H89N13O15S2. The number of hydrogen-bond donors (Lipinski definition) is 8. The third kappa shape index (κ3) is 20.0. The van der Waals surface area contributed by atoms with Gasteiger partial charge in [-0.2, -0.15) is 13.5 Å². The largest absolute Gasteiger partial charge is 0.476 e. The second-order valence-corrected chi connectivity index (χ2v) is 31.0. The van der Waals surface area contributed by atoms with Crippen LogP contribution in [0, 0.1) is 29.1 Å². The average molecular weight is 1460 g/mol. The maximum atomic E-state index is 13.8. The van der Waals surface area contributed by atoms with E-state index in [9.17, 15) is 61.2 Å². The first kappa shape index (κ1) is 76.6. The monoisotopic (exact) mass is 1460 g/mol. The van der Waals surface area contributed by atoms with E-state index < -0.39 is 63.8 Å². The molecule has 3 unspecified atom stereocenters. The van der Waals surface area contributed by atoms with Crippen LogP contribution in [0.25, 0.3) is 43.5 Å². The molecule has 1 aliphatic heterocycles. The fourth-order valence-corrected chi connectivity index (χ4v) is 16.2. The smallest absolute Gasteiger partial charge is 0.410 e. The number of benzene rings is 3. The normalized spacial score (nSPS) is 18.5. The van der Waals surface area contributed by atoms with E-state index in [4.69, 9.17) is 20.3 Å². The lowest BCUT2D eigenvalue weighted by Crippen LogP contribution is -2.54. The minimum absolute atomic E-state index is 0.0240. The molecule has 552 valence electrons. The Morgan fingerprint density at radius 1 is 0.808 bits per heavy atom. The van der Waals surface area contributed by atoms with Gasteiger partial charge in [0.05, 0.1) is 40.0 Å². The number of carbonyl (C=O) groups excluding carboxylic acids is 8. The number of hydrogen-bond acceptors (Lipinski definition) is 18. The number of nitrogens with two attached hydrogens (primary N) is 1. The molecule has 10 rings (SSSR count). The van der Waals surface area contributed by atoms with Crippen molar-refractivity contribution in [3.63, 3.8) is 0 Å². The molecule has 2 saturated carbocycles. The summed E-state index contributed by atoms with van der Waals surface area (Å²) < 4.78 is 48.3. The van der Waals surface area contributed by atoms with Crippen molar-refractivity contribution in [3.8, 4) is 22.4 Å². The maximum absolute atomic E-state index is 13.8. The number of nitrogens with one attached hydrogen (secondary N) is 5. The first-order valence-electron chi connectivity index (χ1n) is 34.9. The van der Waals surface area contributed by atoms with Gasteiger partial charge < -0.3 is 46.5 Å². The Morgan fingerprint density at radius 2 is 1.57 bits per heavy atom. The van der Waals surface area contributed by atoms with Gasteiger partial charge in [0.2, 0.25) is 17.7 Å². The number of thiazole rings is 1. The molecule has 2 bridgehead atoms. The van der Waals surface area contributed by atoms with Crippen molar-refractivity contribution in [2.24, 2.45) is 27.9 Å². The second-order valence-electron chi connectivity index (χ2n) is 28.4. The highest BCUT2D eigenvalue weighted by molar-refractivity contribution is 7.85. The molecule has 5 heterocycles. The molecule has 0 radical (unpaired) electrons. The fraction of sp³-hybridized carbons (Fsp3) is 0.446. The summed E-state index contributed by atoms with van der Waals surface area (Å²) in [5.74, 6) is -5.08. The lowest BCUT2D eigenvalue weighted by molar-refractivity contribution is -0.137. The molecule has 3 aromatic carbocycles. The van der Waals surface area contributed by atoms with Gasteiger partial charge >= 0.3 is 18.1 Å². The lowest BCUT2D eigenvalue weighted by atomic mass is 9.48. The number of carboxylic acids is 1. The van der Waals surface area contributed by atoms with Crippen LogP contribution in [0.5, 0.6) is 0 Å². The van der Waals surface area contributed by atoms with Gasteiger partial charge in [0.1, 0.15) is 18.7 Å². The van der Waals surface area contributed by atoms with Gasteiger partial charge in [-0.1, -0.05) is 82.2 Å². The quantitative estimate of drug-likeness (QED) is 0.0106. The van der Waals surface area contributed by atoms with E-state index >= 15 is 0 Å². The van der Waals surface area contributed by atoms with Crippen LogP contribution in [0.1, 0.15) is 143 Å². The highest BCUT2D eigenvalue weighted by Crippen LogP contribution is 2.63. The molecule has 104 heavy (non-hydrogen) atoms. The van der Waals surface area contributed by atoms with Gasteiger partial charge in [0, 0.05) is 103 Å². The predicted octanol–water partition coefficient (Wildman–Crippen LogP) is 9.83. The van der Waals surface area contributed by atoms with E-state index in [-0.39, 0.29) is 104 Å². The summed E-state index contributed by atoms with van der Waals surface area (Å²) in [6, 6.07) is 21.6. The van der Waals surface area contributed by atoms with E-state index in [1.807, 2.05) is 35.9 Å². The van der Waals surface area contributed by atoms with Crippen molar-refractivity contribution < 1.29 is 70.7 Å². The summed E-state index contributed by atoms with van der Waals surface area (Å²) in [5.41, 5.74) is 10.1. The Kier molecular flexibility index (Phi) is 24.7. The molecular weight excluding hydrogens is 1380 g/mol. The number of aromatic nitrogens is 5. The highest BCUT2D eigenvalue weighted by atomic mass is 32.2. The Morgan fingerprint density at radius 3 is 2.30 bits per heavy atom. The molecule has 2 aliphatic carbocycles. The zero-order valence-corrected chi connectivity index (χ0v) is 60.5. The van der Waals surface area contributed by atoms with Gasteiger partial charge in [-0.25, -0.2) is 24.4 Å². The Balaban J connectivity index is 0.717. The molecule has 2 fully saturated rings. The average Bonchev–Trinajstić information content (AvgIpc) is 1.24. The molecule has 0 spiro atoms. The number of carbonyl (C=O) groups is 9. The molecule has 9 N–H and O–H groups in total. The van der Waals surface area contributed by atoms with E-state index in [2.05, 4.69) is 55.4 Å². The molecule has 7 aromatic rings. The summed E-state index contributed by atoms with van der Waals surface area (Å²) in [4.78, 5) is 132. The van der Waals surface area contributed by atoms with Crippen molar-refractivity contribution in [2.75, 3.05) is 55.8 Å².